The first kappa shape index (κ1) is 17.1. The van der Waals surface area contributed by atoms with Crippen LogP contribution >= 0.6 is 0 Å². The van der Waals surface area contributed by atoms with Crippen LogP contribution < -0.4 is 5.32 Å². The maximum Gasteiger partial charge on any atom is 0.230 e. The van der Waals surface area contributed by atoms with E-state index in [1.165, 1.54) is 12.8 Å². The maximum absolute atomic E-state index is 12.6. The van der Waals surface area contributed by atoms with E-state index in [0.717, 1.165) is 50.7 Å². The van der Waals surface area contributed by atoms with Crippen LogP contribution in [0.5, 0.6) is 0 Å². The van der Waals surface area contributed by atoms with Crippen molar-refractivity contribution in [2.24, 2.45) is 16.3 Å². The van der Waals surface area contributed by atoms with Gasteiger partial charge in [-0.2, -0.15) is 0 Å². The summed E-state index contributed by atoms with van der Waals surface area (Å²) in [6.45, 7) is 5.16. The second kappa shape index (κ2) is 7.34. The van der Waals surface area contributed by atoms with Crippen LogP contribution in [0.15, 0.2) is 4.99 Å². The minimum Gasteiger partial charge on any atom is -0.355 e. The van der Waals surface area contributed by atoms with Crippen LogP contribution in [0.2, 0.25) is 0 Å². The van der Waals surface area contributed by atoms with E-state index in [1.807, 2.05) is 21.1 Å². The number of carbonyl (C=O) groups excluding carboxylic acids is 1. The van der Waals surface area contributed by atoms with Crippen LogP contribution in [-0.2, 0) is 4.79 Å². The fourth-order valence-corrected chi connectivity index (χ4v) is 3.79. The monoisotopic (exact) mass is 308 g/mol. The molecule has 1 amide bonds. The number of likely N-dealkylation sites (tertiary alicyclic amines) is 1. The third kappa shape index (κ3) is 3.73. The third-order valence-corrected chi connectivity index (χ3v) is 5.30. The molecule has 2 rings (SSSR count). The van der Waals surface area contributed by atoms with Crippen LogP contribution in [-0.4, -0.2) is 62.4 Å². The quantitative estimate of drug-likeness (QED) is 0.640. The van der Waals surface area contributed by atoms with Gasteiger partial charge in [0.2, 0.25) is 5.91 Å². The summed E-state index contributed by atoms with van der Waals surface area (Å²) >= 11 is 0. The number of amides is 1. The summed E-state index contributed by atoms with van der Waals surface area (Å²) in [6, 6.07) is 0. The first-order valence-corrected chi connectivity index (χ1v) is 8.66. The molecule has 1 N–H and O–H groups in total. The van der Waals surface area contributed by atoms with E-state index in [0.29, 0.717) is 6.54 Å². The fraction of sp³-hybridized carbons (Fsp3) is 0.882. The third-order valence-electron chi connectivity index (χ3n) is 5.30. The van der Waals surface area contributed by atoms with Gasteiger partial charge in [-0.25, -0.2) is 0 Å². The number of hydrogen-bond donors (Lipinski definition) is 1. The van der Waals surface area contributed by atoms with Crippen molar-refractivity contribution in [1.29, 1.82) is 0 Å². The molecule has 1 saturated heterocycles. The molecule has 0 unspecified atom stereocenters. The van der Waals surface area contributed by atoms with E-state index in [1.54, 1.807) is 4.90 Å². The van der Waals surface area contributed by atoms with Crippen molar-refractivity contribution in [1.82, 2.24) is 15.1 Å². The van der Waals surface area contributed by atoms with Gasteiger partial charge < -0.3 is 15.1 Å². The van der Waals surface area contributed by atoms with E-state index in [4.69, 9.17) is 0 Å². The summed E-state index contributed by atoms with van der Waals surface area (Å²) in [4.78, 5) is 21.1. The van der Waals surface area contributed by atoms with E-state index in [-0.39, 0.29) is 11.3 Å². The average molecular weight is 308 g/mol. The number of piperidine rings is 1. The molecular formula is C17H32N4O. The van der Waals surface area contributed by atoms with E-state index in [2.05, 4.69) is 22.1 Å². The topological polar surface area (TPSA) is 47.9 Å². The highest BCUT2D eigenvalue weighted by Crippen LogP contribution is 2.39. The van der Waals surface area contributed by atoms with Gasteiger partial charge in [-0.05, 0) is 31.6 Å². The molecule has 0 spiro atoms. The summed E-state index contributed by atoms with van der Waals surface area (Å²) in [7, 11) is 5.57. The van der Waals surface area contributed by atoms with E-state index >= 15 is 0 Å². The molecular weight excluding hydrogens is 276 g/mol. The van der Waals surface area contributed by atoms with Crippen LogP contribution in [0.1, 0.15) is 45.4 Å². The number of hydrogen-bond acceptors (Lipinski definition) is 2. The molecule has 0 aromatic heterocycles. The smallest absolute Gasteiger partial charge is 0.230 e. The zero-order valence-corrected chi connectivity index (χ0v) is 14.7. The van der Waals surface area contributed by atoms with Gasteiger partial charge in [-0.15, -0.1) is 0 Å². The summed E-state index contributed by atoms with van der Waals surface area (Å²) < 4.78 is 0. The molecule has 1 aliphatic heterocycles. The second-order valence-corrected chi connectivity index (χ2v) is 7.26. The van der Waals surface area contributed by atoms with Gasteiger partial charge in [-0.1, -0.05) is 19.8 Å². The minimum atomic E-state index is -0.234. The Morgan fingerprint density at radius 3 is 2.36 bits per heavy atom. The zero-order chi connectivity index (χ0) is 16.2. The van der Waals surface area contributed by atoms with Crippen molar-refractivity contribution < 1.29 is 4.79 Å². The Kier molecular flexibility index (Phi) is 5.70. The Morgan fingerprint density at radius 2 is 1.86 bits per heavy atom. The van der Waals surface area contributed by atoms with Crippen LogP contribution in [0.3, 0.4) is 0 Å². The molecule has 1 heterocycles. The molecule has 1 saturated carbocycles. The average Bonchev–Trinajstić information content (AvgIpc) is 2.98. The number of rotatable bonds is 3. The largest absolute Gasteiger partial charge is 0.355 e. The SMILES string of the molecule is CN=C(NCC1(C(=O)N(C)C)CCCC1)N1CCC(C)CC1. The summed E-state index contributed by atoms with van der Waals surface area (Å²) in [6.07, 6.45) is 6.74. The molecule has 0 radical (unpaired) electrons. The first-order chi connectivity index (χ1) is 10.5. The zero-order valence-electron chi connectivity index (χ0n) is 14.7. The molecule has 2 aliphatic rings. The summed E-state index contributed by atoms with van der Waals surface area (Å²) in [5.41, 5.74) is -0.234. The van der Waals surface area contributed by atoms with Crippen molar-refractivity contribution in [3.63, 3.8) is 0 Å². The Morgan fingerprint density at radius 1 is 1.27 bits per heavy atom. The first-order valence-electron chi connectivity index (χ1n) is 8.66. The number of nitrogens with one attached hydrogen (secondary N) is 1. The van der Waals surface area contributed by atoms with Crippen molar-refractivity contribution in [3.05, 3.63) is 0 Å². The Hall–Kier alpha value is -1.26. The highest BCUT2D eigenvalue weighted by atomic mass is 16.2. The molecule has 5 heteroatoms. The standard InChI is InChI=1S/C17H32N4O/c1-14-7-11-21(12-8-14)16(18-2)19-13-17(9-5-6-10-17)15(22)20(3)4/h14H,5-13H2,1-4H3,(H,18,19). The summed E-state index contributed by atoms with van der Waals surface area (Å²) in [5.74, 6) is 2.04. The fourth-order valence-electron chi connectivity index (χ4n) is 3.79. The lowest BCUT2D eigenvalue weighted by atomic mass is 9.84. The highest BCUT2D eigenvalue weighted by molar-refractivity contribution is 5.85. The molecule has 22 heavy (non-hydrogen) atoms. The minimum absolute atomic E-state index is 0.234. The van der Waals surface area contributed by atoms with Crippen molar-refractivity contribution in [2.75, 3.05) is 40.8 Å². The van der Waals surface area contributed by atoms with Gasteiger partial charge in [-0.3, -0.25) is 9.79 Å². The molecule has 0 aromatic rings. The molecule has 5 nitrogen and oxygen atoms in total. The van der Waals surface area contributed by atoms with Crippen molar-refractivity contribution in [3.8, 4) is 0 Å². The lowest BCUT2D eigenvalue weighted by Crippen LogP contribution is -2.51. The molecule has 0 bridgehead atoms. The normalized spacial score (nSPS) is 22.7. The molecule has 126 valence electrons. The van der Waals surface area contributed by atoms with Crippen LogP contribution in [0.4, 0.5) is 0 Å². The second-order valence-electron chi connectivity index (χ2n) is 7.26. The van der Waals surface area contributed by atoms with E-state index < -0.39 is 0 Å². The van der Waals surface area contributed by atoms with Crippen LogP contribution in [0.25, 0.3) is 0 Å². The van der Waals surface area contributed by atoms with Gasteiger partial charge in [0.1, 0.15) is 0 Å². The van der Waals surface area contributed by atoms with Gasteiger partial charge in [0.15, 0.2) is 5.96 Å². The number of aliphatic imine (C=N–C) groups is 1. The molecule has 0 aromatic carbocycles. The van der Waals surface area contributed by atoms with Crippen LogP contribution in [0, 0.1) is 11.3 Å². The summed E-state index contributed by atoms with van der Waals surface area (Å²) in [5, 5.41) is 3.50. The highest BCUT2D eigenvalue weighted by Gasteiger charge is 2.42. The lowest BCUT2D eigenvalue weighted by molar-refractivity contribution is -0.138. The van der Waals surface area contributed by atoms with Gasteiger partial charge in [0.05, 0.1) is 5.41 Å². The number of guanidine groups is 1. The predicted octanol–water partition coefficient (Wildman–Crippen LogP) is 1.94. The molecule has 0 atom stereocenters. The molecule has 2 fully saturated rings. The van der Waals surface area contributed by atoms with Crippen molar-refractivity contribution in [2.45, 2.75) is 45.4 Å². The predicted molar refractivity (Wildman–Crippen MR) is 90.9 cm³/mol. The Bertz CT molecular complexity index is 405. The molecule has 1 aliphatic carbocycles. The Labute approximate surface area is 135 Å². The Balaban J connectivity index is 1.97. The lowest BCUT2D eigenvalue weighted by Gasteiger charge is -2.36. The maximum atomic E-state index is 12.6. The van der Waals surface area contributed by atoms with Gasteiger partial charge in [0.25, 0.3) is 0 Å². The van der Waals surface area contributed by atoms with E-state index in [9.17, 15) is 4.79 Å². The number of carbonyl (C=O) groups is 1. The van der Waals surface area contributed by atoms with Gasteiger partial charge in [0, 0.05) is 40.8 Å². The van der Waals surface area contributed by atoms with Gasteiger partial charge >= 0.3 is 0 Å². The number of nitrogens with zero attached hydrogens (tertiary/aromatic N) is 3. The van der Waals surface area contributed by atoms with Crippen molar-refractivity contribution >= 4 is 11.9 Å².